The quantitative estimate of drug-likeness (QED) is 0.0146. The molecule has 16 nitrogen and oxygen atoms in total. The van der Waals surface area contributed by atoms with Crippen molar-refractivity contribution in [3.05, 3.63) is 182 Å². The van der Waals surface area contributed by atoms with E-state index in [-0.39, 0.29) is 19.3 Å². The smallest absolute Gasteiger partial charge is 0.463 e. The Balaban J connectivity index is 4.85. The van der Waals surface area contributed by atoms with Gasteiger partial charge in [0.05, 0.1) is 26.4 Å². The van der Waals surface area contributed by atoms with Crippen molar-refractivity contribution in [2.75, 3.05) is 39.6 Å². The number of hydrogen-bond acceptors (Lipinski definition) is 14. The highest BCUT2D eigenvalue weighted by molar-refractivity contribution is 7.47. The van der Waals surface area contributed by atoms with Crippen molar-refractivity contribution < 1.29 is 75.8 Å². The molecule has 0 saturated heterocycles. The SMILES string of the molecule is CC/C=C\C/C=C\C/C=C\C/C=C\C/C=C\C/C=C\CCC(=O)OCC(COP(=O)(O)OCC(O)COP(=O)(O)OCC(O)COC(=O)CCCCCCC/C=C\C/C=C\C/C=C\C/C=C\CCCCC)OC(=O)CCCCC/C=C\C/C=C\C/C=C\C/C=C\C/C=C\CC. The van der Waals surface area contributed by atoms with Crippen LogP contribution in [0.5, 0.6) is 0 Å². The topological polar surface area (TPSA) is 231 Å². The summed E-state index contributed by atoms with van der Waals surface area (Å²) in [6, 6.07) is 0. The summed E-state index contributed by atoms with van der Waals surface area (Å²) >= 11 is 0. The number of ether oxygens (including phenoxy) is 3. The van der Waals surface area contributed by atoms with E-state index >= 15 is 0 Å². The molecule has 0 heterocycles. The lowest BCUT2D eigenvalue weighted by Crippen LogP contribution is -2.30. The summed E-state index contributed by atoms with van der Waals surface area (Å²) in [5.74, 6) is -1.75. The van der Waals surface area contributed by atoms with Gasteiger partial charge in [0.1, 0.15) is 25.4 Å². The molecule has 0 rings (SSSR count). The van der Waals surface area contributed by atoms with E-state index in [0.29, 0.717) is 25.7 Å². The molecule has 0 bridgehead atoms. The molecule has 95 heavy (non-hydrogen) atoms. The van der Waals surface area contributed by atoms with E-state index in [4.69, 9.17) is 32.3 Å². The van der Waals surface area contributed by atoms with Gasteiger partial charge in [-0.2, -0.15) is 0 Å². The van der Waals surface area contributed by atoms with Gasteiger partial charge in [0.2, 0.25) is 0 Å². The Kier molecular flexibility index (Phi) is 64.7. The van der Waals surface area contributed by atoms with Gasteiger partial charge in [-0.05, 0) is 148 Å². The third-order valence-corrected chi connectivity index (χ3v) is 15.5. The standard InChI is InChI=1S/C77H122O16P2/c1-4-7-10-13-16-19-22-25-28-31-34-35-38-40-42-45-48-51-54-57-60-63-75(80)87-66-72(78)67-89-94(83,84)90-68-73(79)69-91-95(85,86)92-71-74(93-77(82)65-62-59-56-53-50-47-44-41-37-33-30-27-24-21-18-15-12-9-6-3)70-88-76(81)64-61-58-55-52-49-46-43-39-36-32-29-26-23-20-17-14-11-8-5-2/h8-9,11-12,16-21,25-30,34-37,39-42,46-47,49-50,55,58,72-74,78-79H,4-7,10,13-15,22-24,31-33,38,43-45,48,51-54,56-57,59-71H2,1-3H3,(H,83,84)(H,85,86)/b11-8-,12-9-,19-16-,20-17-,21-18-,28-25-,29-26-,30-27-,35-34-,39-36-,41-37-,42-40-,49-46-,50-47-,58-55-. The van der Waals surface area contributed by atoms with E-state index in [1.54, 1.807) is 0 Å². The number of esters is 3. The molecule has 4 N–H and O–H groups in total. The lowest BCUT2D eigenvalue weighted by molar-refractivity contribution is -0.161. The highest BCUT2D eigenvalue weighted by Gasteiger charge is 2.29. The van der Waals surface area contributed by atoms with Crippen molar-refractivity contribution in [2.45, 2.75) is 245 Å². The van der Waals surface area contributed by atoms with Crippen molar-refractivity contribution in [3.8, 4) is 0 Å². The second kappa shape index (κ2) is 68.6. The molecule has 0 saturated carbocycles. The van der Waals surface area contributed by atoms with Crippen LogP contribution < -0.4 is 0 Å². The Bertz CT molecular complexity index is 2460. The molecule has 536 valence electrons. The first-order chi connectivity index (χ1) is 46.2. The molecule has 0 aliphatic rings. The van der Waals surface area contributed by atoms with Crippen LogP contribution in [-0.2, 0) is 55.8 Å². The van der Waals surface area contributed by atoms with Crippen molar-refractivity contribution >= 4 is 33.6 Å². The van der Waals surface area contributed by atoms with Gasteiger partial charge < -0.3 is 34.2 Å². The first-order valence-electron chi connectivity index (χ1n) is 35.1. The van der Waals surface area contributed by atoms with Crippen molar-refractivity contribution in [1.29, 1.82) is 0 Å². The third kappa shape index (κ3) is 69.8. The van der Waals surface area contributed by atoms with E-state index in [2.05, 4.69) is 185 Å². The molecule has 0 aliphatic carbocycles. The van der Waals surface area contributed by atoms with Gasteiger partial charge in [-0.15, -0.1) is 0 Å². The fraction of sp³-hybridized carbons (Fsp3) is 0.571. The molecule has 0 aliphatic heterocycles. The van der Waals surface area contributed by atoms with Crippen LogP contribution in [0.2, 0.25) is 0 Å². The highest BCUT2D eigenvalue weighted by atomic mass is 31.2. The van der Waals surface area contributed by atoms with Crippen LogP contribution in [0.25, 0.3) is 0 Å². The minimum Gasteiger partial charge on any atom is -0.463 e. The number of phosphoric acid groups is 2. The Labute approximate surface area is 573 Å². The maximum atomic E-state index is 12.9. The molecule has 5 unspecified atom stereocenters. The highest BCUT2D eigenvalue weighted by Crippen LogP contribution is 2.45. The van der Waals surface area contributed by atoms with Crippen LogP contribution in [0.1, 0.15) is 226 Å². The molecule has 0 fully saturated rings. The van der Waals surface area contributed by atoms with Gasteiger partial charge in [-0.25, -0.2) is 9.13 Å². The van der Waals surface area contributed by atoms with Gasteiger partial charge in [0, 0.05) is 19.3 Å². The van der Waals surface area contributed by atoms with Crippen LogP contribution in [0.15, 0.2) is 182 Å². The number of phosphoric ester groups is 2. The Morgan fingerprint density at radius 3 is 0.958 bits per heavy atom. The number of aliphatic hydroxyl groups excluding tert-OH is 2. The van der Waals surface area contributed by atoms with Gasteiger partial charge in [-0.1, -0.05) is 242 Å². The fourth-order valence-corrected chi connectivity index (χ4v) is 9.89. The van der Waals surface area contributed by atoms with Gasteiger partial charge in [0.25, 0.3) is 0 Å². The summed E-state index contributed by atoms with van der Waals surface area (Å²) in [7, 11) is -9.84. The Hall–Kier alpha value is -5.35. The van der Waals surface area contributed by atoms with E-state index in [1.165, 1.54) is 25.7 Å². The predicted molar refractivity (Wildman–Crippen MR) is 389 cm³/mol. The lowest BCUT2D eigenvalue weighted by atomic mass is 10.1. The van der Waals surface area contributed by atoms with Crippen LogP contribution in [0.4, 0.5) is 0 Å². The second-order valence-electron chi connectivity index (χ2n) is 22.6. The Morgan fingerprint density at radius 1 is 0.305 bits per heavy atom. The summed E-state index contributed by atoms with van der Waals surface area (Å²) < 4.78 is 60.8. The van der Waals surface area contributed by atoms with Gasteiger partial charge in [0.15, 0.2) is 6.10 Å². The molecular weight excluding hydrogens is 1240 g/mol. The number of carbonyl (C=O) groups is 3. The average molecular weight is 1370 g/mol. The first-order valence-corrected chi connectivity index (χ1v) is 38.1. The van der Waals surface area contributed by atoms with E-state index in [9.17, 15) is 43.5 Å². The summed E-state index contributed by atoms with van der Waals surface area (Å²) in [6.45, 7) is 2.22. The van der Waals surface area contributed by atoms with E-state index in [0.717, 1.165) is 135 Å². The zero-order chi connectivity index (χ0) is 69.5. The number of hydrogen-bond donors (Lipinski definition) is 4. The van der Waals surface area contributed by atoms with Crippen LogP contribution >= 0.6 is 15.6 Å². The molecule has 0 spiro atoms. The second-order valence-corrected chi connectivity index (χ2v) is 25.5. The van der Waals surface area contributed by atoms with Crippen molar-refractivity contribution in [3.63, 3.8) is 0 Å². The van der Waals surface area contributed by atoms with Gasteiger partial charge >= 0.3 is 33.6 Å². The first kappa shape index (κ1) is 89.6. The predicted octanol–water partition coefficient (Wildman–Crippen LogP) is 19.9. The minimum atomic E-state index is -4.96. The molecule has 0 amide bonds. The average Bonchev–Trinajstić information content (AvgIpc) is 1.75. The molecule has 0 aromatic rings. The lowest BCUT2D eigenvalue weighted by Gasteiger charge is -2.21. The third-order valence-electron chi connectivity index (χ3n) is 13.6. The normalized spacial score (nSPS) is 15.2. The van der Waals surface area contributed by atoms with Crippen molar-refractivity contribution in [1.82, 2.24) is 0 Å². The number of carbonyl (C=O) groups excluding carboxylic acids is 3. The number of allylic oxidation sites excluding steroid dienone is 30. The largest absolute Gasteiger partial charge is 0.472 e. The molecule has 5 atom stereocenters. The van der Waals surface area contributed by atoms with Crippen LogP contribution in [-0.4, -0.2) is 95.9 Å². The maximum Gasteiger partial charge on any atom is 0.472 e. The summed E-state index contributed by atoms with van der Waals surface area (Å²) in [5, 5.41) is 20.6. The van der Waals surface area contributed by atoms with Crippen LogP contribution in [0, 0.1) is 0 Å². The number of unbranched alkanes of at least 4 members (excludes halogenated alkanes) is 11. The molecule has 18 heteroatoms. The fourth-order valence-electron chi connectivity index (χ4n) is 8.31. The van der Waals surface area contributed by atoms with E-state index < -0.39 is 91.5 Å². The zero-order valence-electron chi connectivity index (χ0n) is 58.0. The Morgan fingerprint density at radius 2 is 0.579 bits per heavy atom. The summed E-state index contributed by atoms with van der Waals surface area (Å²) in [4.78, 5) is 58.4. The number of aliphatic hydroxyl groups is 2. The van der Waals surface area contributed by atoms with E-state index in [1.807, 2.05) is 18.2 Å². The molecule has 0 aromatic heterocycles. The minimum absolute atomic E-state index is 0.0286. The summed E-state index contributed by atoms with van der Waals surface area (Å²) in [5.41, 5.74) is 0. The molecule has 0 aromatic carbocycles. The monoisotopic (exact) mass is 1360 g/mol. The summed E-state index contributed by atoms with van der Waals surface area (Å²) in [6.07, 6.45) is 86.7. The van der Waals surface area contributed by atoms with Gasteiger partial charge in [-0.3, -0.25) is 32.5 Å². The van der Waals surface area contributed by atoms with Crippen molar-refractivity contribution in [2.24, 2.45) is 0 Å². The van der Waals surface area contributed by atoms with Crippen LogP contribution in [0.3, 0.4) is 0 Å². The number of rotatable bonds is 64. The zero-order valence-corrected chi connectivity index (χ0v) is 59.8. The molecule has 0 radical (unpaired) electrons. The molecular formula is C77H122O16P2. The maximum absolute atomic E-state index is 12.9.